The number of ketones is 1. The van der Waals surface area contributed by atoms with Crippen LogP contribution >= 0.6 is 0 Å². The number of nitrogens with zero attached hydrogens (tertiary/aromatic N) is 1. The number of aromatic nitrogens is 1. The average molecular weight is 418 g/mol. The standard InChI is InChI=1S/C21H20F2N2O5/c1-21(2)18(28)15-17(27)16(26)12(9-25(15)14-5-6-30-19(14)21)20(29)24-8-10-3-4-11(22)7-13(10)23/h3-4,7,9,14,19,27H,5-6,8H2,1-2H3,(H,24,29)/t14-,19?/m0/s1. The van der Waals surface area contributed by atoms with Gasteiger partial charge in [0, 0.05) is 31.0 Å². The van der Waals surface area contributed by atoms with Crippen molar-refractivity contribution < 1.29 is 28.2 Å². The van der Waals surface area contributed by atoms with Crippen LogP contribution < -0.4 is 10.7 Å². The number of nitrogens with one attached hydrogen (secondary N) is 1. The van der Waals surface area contributed by atoms with Crippen LogP contribution in [0, 0.1) is 17.0 Å². The van der Waals surface area contributed by atoms with Crippen molar-refractivity contribution in [2.45, 2.75) is 39.0 Å². The second-order valence-electron chi connectivity index (χ2n) is 8.09. The van der Waals surface area contributed by atoms with E-state index in [1.165, 1.54) is 16.8 Å². The number of hydrogen-bond acceptors (Lipinski definition) is 5. The topological polar surface area (TPSA) is 97.6 Å². The van der Waals surface area contributed by atoms with Crippen molar-refractivity contribution in [3.8, 4) is 5.75 Å². The quantitative estimate of drug-likeness (QED) is 0.797. The molecule has 1 aromatic carbocycles. The van der Waals surface area contributed by atoms with E-state index >= 15 is 0 Å². The fourth-order valence-electron chi connectivity index (χ4n) is 4.19. The molecule has 2 aliphatic rings. The molecule has 0 bridgehead atoms. The van der Waals surface area contributed by atoms with Crippen LogP contribution in [0.1, 0.15) is 52.7 Å². The van der Waals surface area contributed by atoms with Crippen molar-refractivity contribution in [3.63, 3.8) is 0 Å². The molecule has 1 aromatic heterocycles. The van der Waals surface area contributed by atoms with Crippen molar-refractivity contribution in [1.29, 1.82) is 0 Å². The van der Waals surface area contributed by atoms with E-state index in [1.807, 2.05) is 0 Å². The number of Topliss-reactive ketones (excluding diaryl/α,β-unsaturated/α-hetero) is 1. The summed E-state index contributed by atoms with van der Waals surface area (Å²) >= 11 is 0. The third kappa shape index (κ3) is 3.00. The number of hydrogen-bond donors (Lipinski definition) is 2. The highest BCUT2D eigenvalue weighted by molar-refractivity contribution is 6.03. The molecule has 2 aliphatic heterocycles. The Hall–Kier alpha value is -3.07. The molecule has 30 heavy (non-hydrogen) atoms. The van der Waals surface area contributed by atoms with Gasteiger partial charge in [-0.1, -0.05) is 6.07 Å². The number of ether oxygens (including phenoxy) is 1. The van der Waals surface area contributed by atoms with Gasteiger partial charge in [0.2, 0.25) is 5.43 Å². The van der Waals surface area contributed by atoms with Crippen LogP contribution in [0.25, 0.3) is 0 Å². The van der Waals surface area contributed by atoms with Crippen molar-refractivity contribution in [3.05, 3.63) is 63.1 Å². The maximum Gasteiger partial charge on any atom is 0.257 e. The van der Waals surface area contributed by atoms with Crippen LogP contribution in [-0.4, -0.2) is 34.1 Å². The maximum absolute atomic E-state index is 13.8. The second-order valence-corrected chi connectivity index (χ2v) is 8.09. The Morgan fingerprint density at radius 3 is 2.77 bits per heavy atom. The van der Waals surface area contributed by atoms with Crippen LogP contribution in [0.4, 0.5) is 8.78 Å². The highest BCUT2D eigenvalue weighted by Crippen LogP contribution is 2.46. The summed E-state index contributed by atoms with van der Waals surface area (Å²) in [5, 5.41) is 12.9. The van der Waals surface area contributed by atoms with E-state index in [1.54, 1.807) is 13.8 Å². The maximum atomic E-state index is 13.8. The second kappa shape index (κ2) is 7.02. The molecule has 1 unspecified atom stereocenters. The molecule has 0 aliphatic carbocycles. The molecular weight excluding hydrogens is 398 g/mol. The summed E-state index contributed by atoms with van der Waals surface area (Å²) in [7, 11) is 0. The lowest BCUT2D eigenvalue weighted by Gasteiger charge is -2.40. The van der Waals surface area contributed by atoms with Gasteiger partial charge in [0.15, 0.2) is 11.5 Å². The SMILES string of the molecule is CC1(C)C(=O)c2c(O)c(=O)c(C(=O)NCc3ccc(F)cc3F)cn2[C@H]2CCOC21. The summed E-state index contributed by atoms with van der Waals surface area (Å²) in [6.45, 7) is 3.52. The molecule has 1 amide bonds. The van der Waals surface area contributed by atoms with Gasteiger partial charge in [0.25, 0.3) is 5.91 Å². The fraction of sp³-hybridized carbons (Fsp3) is 0.381. The molecular formula is C21H20F2N2O5. The lowest BCUT2D eigenvalue weighted by atomic mass is 9.74. The number of carbonyl (C=O) groups is 2. The van der Waals surface area contributed by atoms with Gasteiger partial charge in [-0.25, -0.2) is 8.78 Å². The van der Waals surface area contributed by atoms with E-state index in [9.17, 15) is 28.3 Å². The van der Waals surface area contributed by atoms with Gasteiger partial charge >= 0.3 is 0 Å². The molecule has 2 atom stereocenters. The number of fused-ring (bicyclic) bond motifs is 3. The van der Waals surface area contributed by atoms with Crippen molar-refractivity contribution >= 4 is 11.7 Å². The molecule has 0 spiro atoms. The number of amides is 1. The zero-order valence-corrected chi connectivity index (χ0v) is 16.4. The first-order chi connectivity index (χ1) is 14.1. The lowest BCUT2D eigenvalue weighted by molar-refractivity contribution is -0.00290. The number of rotatable bonds is 3. The predicted octanol–water partition coefficient (Wildman–Crippen LogP) is 2.31. The van der Waals surface area contributed by atoms with Crippen molar-refractivity contribution in [2.24, 2.45) is 5.41 Å². The molecule has 2 aromatic rings. The monoisotopic (exact) mass is 418 g/mol. The number of aromatic hydroxyl groups is 1. The Bertz CT molecular complexity index is 1130. The van der Waals surface area contributed by atoms with Gasteiger partial charge in [-0.3, -0.25) is 14.4 Å². The van der Waals surface area contributed by atoms with Crippen LogP contribution in [0.3, 0.4) is 0 Å². The van der Waals surface area contributed by atoms with Gasteiger partial charge in [-0.2, -0.15) is 0 Å². The predicted molar refractivity (Wildman–Crippen MR) is 101 cm³/mol. The van der Waals surface area contributed by atoms with Gasteiger partial charge in [0.1, 0.15) is 22.9 Å². The van der Waals surface area contributed by atoms with Crippen molar-refractivity contribution in [2.75, 3.05) is 6.61 Å². The fourth-order valence-corrected chi connectivity index (χ4v) is 4.19. The first kappa shape index (κ1) is 20.2. The Morgan fingerprint density at radius 1 is 1.33 bits per heavy atom. The molecule has 158 valence electrons. The summed E-state index contributed by atoms with van der Waals surface area (Å²) in [6, 6.07) is 2.61. The van der Waals surface area contributed by atoms with Crippen molar-refractivity contribution in [1.82, 2.24) is 9.88 Å². The molecule has 9 heteroatoms. The van der Waals surface area contributed by atoms with E-state index in [4.69, 9.17) is 4.74 Å². The number of carbonyl (C=O) groups excluding carboxylic acids is 2. The Kier molecular flexibility index (Phi) is 4.73. The smallest absolute Gasteiger partial charge is 0.257 e. The molecule has 0 saturated carbocycles. The van der Waals surface area contributed by atoms with E-state index in [2.05, 4.69) is 5.32 Å². The Morgan fingerprint density at radius 2 is 2.07 bits per heavy atom. The van der Waals surface area contributed by atoms with Crippen LogP contribution in [0.5, 0.6) is 5.75 Å². The lowest BCUT2D eigenvalue weighted by Crippen LogP contribution is -2.48. The summed E-state index contributed by atoms with van der Waals surface area (Å²) in [5.41, 5.74) is -2.41. The van der Waals surface area contributed by atoms with Gasteiger partial charge < -0.3 is 19.7 Å². The van der Waals surface area contributed by atoms with Crippen LogP contribution in [0.15, 0.2) is 29.2 Å². The molecule has 7 nitrogen and oxygen atoms in total. The van der Waals surface area contributed by atoms with E-state index in [0.29, 0.717) is 19.1 Å². The average Bonchev–Trinajstić information content (AvgIpc) is 3.18. The molecule has 2 N–H and O–H groups in total. The number of pyridine rings is 1. The Labute approximate surface area is 170 Å². The van der Waals surface area contributed by atoms with E-state index in [0.717, 1.165) is 6.07 Å². The summed E-state index contributed by atoms with van der Waals surface area (Å²) < 4.78 is 34.0. The van der Waals surface area contributed by atoms with Gasteiger partial charge in [-0.15, -0.1) is 0 Å². The van der Waals surface area contributed by atoms with Gasteiger partial charge in [-0.05, 0) is 26.3 Å². The van der Waals surface area contributed by atoms with Gasteiger partial charge in [0.05, 0.1) is 17.6 Å². The summed E-state index contributed by atoms with van der Waals surface area (Å²) in [5.74, 6) is -3.66. The third-order valence-electron chi connectivity index (χ3n) is 5.84. The van der Waals surface area contributed by atoms with E-state index < -0.39 is 46.0 Å². The first-order valence-electron chi connectivity index (χ1n) is 9.49. The van der Waals surface area contributed by atoms with Crippen LogP contribution in [-0.2, 0) is 11.3 Å². The number of benzene rings is 1. The minimum absolute atomic E-state index is 0.0354. The molecule has 1 saturated heterocycles. The molecule has 0 radical (unpaired) electrons. The highest BCUT2D eigenvalue weighted by Gasteiger charge is 2.52. The minimum Gasteiger partial charge on any atom is -0.503 e. The minimum atomic E-state index is -0.986. The zero-order chi connectivity index (χ0) is 21.8. The Balaban J connectivity index is 1.70. The largest absolute Gasteiger partial charge is 0.503 e. The van der Waals surface area contributed by atoms with E-state index in [-0.39, 0.29) is 29.4 Å². The highest BCUT2D eigenvalue weighted by atomic mass is 19.1. The number of halogens is 2. The summed E-state index contributed by atoms with van der Waals surface area (Å²) in [4.78, 5) is 38.2. The molecule has 1 fully saturated rings. The normalized spacial score (nSPS) is 21.8. The molecule has 4 rings (SSSR count). The van der Waals surface area contributed by atoms with Crippen LogP contribution in [0.2, 0.25) is 0 Å². The zero-order valence-electron chi connectivity index (χ0n) is 16.4. The first-order valence-corrected chi connectivity index (χ1v) is 9.49. The summed E-state index contributed by atoms with van der Waals surface area (Å²) in [6.07, 6.45) is 1.34. The molecule has 3 heterocycles. The third-order valence-corrected chi connectivity index (χ3v) is 5.84.